The van der Waals surface area contributed by atoms with Crippen LogP contribution in [0.25, 0.3) is 11.1 Å². The molecule has 0 atom stereocenters. The van der Waals surface area contributed by atoms with Gasteiger partial charge in [0.2, 0.25) is 0 Å². The Balaban J connectivity index is 2.12. The number of hydrogen-bond donors (Lipinski definition) is 0. The Morgan fingerprint density at radius 3 is 1.00 bits per heavy atom. The lowest BCUT2D eigenvalue weighted by molar-refractivity contribution is 0.411. The van der Waals surface area contributed by atoms with Gasteiger partial charge in [-0.05, 0) is 45.9 Å². The third-order valence-corrected chi connectivity index (χ3v) is 3.71. The maximum absolute atomic E-state index is 2.29. The van der Waals surface area contributed by atoms with E-state index in [-0.39, 0.29) is 0 Å². The highest BCUT2D eigenvalue weighted by Crippen LogP contribution is 2.26. The van der Waals surface area contributed by atoms with Gasteiger partial charge in [-0.3, -0.25) is 0 Å². The van der Waals surface area contributed by atoms with Crippen molar-refractivity contribution in [1.29, 1.82) is 0 Å². The van der Waals surface area contributed by atoms with Crippen LogP contribution in [-0.2, 0) is 12.8 Å². The molecule has 0 aliphatic rings. The first kappa shape index (κ1) is 16.8. The molecule has 2 aromatic rings. The SMILES string of the molecule is CC(C)(C)Cc1ccc(-c2ccc(CC(C)(C)C)cc2)cc1. The summed E-state index contributed by atoms with van der Waals surface area (Å²) >= 11 is 0. The molecule has 0 bridgehead atoms. The largest absolute Gasteiger partial charge is 0.0599 e. The number of benzene rings is 2. The molecule has 0 aliphatic carbocycles. The second kappa shape index (κ2) is 6.28. The predicted octanol–water partition coefficient (Wildman–Crippen LogP) is 6.53. The van der Waals surface area contributed by atoms with Gasteiger partial charge in [0, 0.05) is 0 Å². The fourth-order valence-electron chi connectivity index (χ4n) is 2.85. The Bertz CT molecular complexity index is 529. The minimum absolute atomic E-state index is 0.343. The van der Waals surface area contributed by atoms with Crippen molar-refractivity contribution in [2.45, 2.75) is 54.4 Å². The van der Waals surface area contributed by atoms with E-state index in [2.05, 4.69) is 90.1 Å². The van der Waals surface area contributed by atoms with Crippen molar-refractivity contribution in [3.05, 3.63) is 59.7 Å². The zero-order valence-electron chi connectivity index (χ0n) is 15.0. The van der Waals surface area contributed by atoms with Crippen LogP contribution in [0.3, 0.4) is 0 Å². The van der Waals surface area contributed by atoms with Gasteiger partial charge in [0.25, 0.3) is 0 Å². The second-order valence-corrected chi connectivity index (χ2v) is 8.87. The first-order valence-corrected chi connectivity index (χ1v) is 8.31. The Kier molecular flexibility index (Phi) is 4.80. The summed E-state index contributed by atoms with van der Waals surface area (Å²) in [6, 6.07) is 18.1. The van der Waals surface area contributed by atoms with E-state index < -0.39 is 0 Å². The summed E-state index contributed by atoms with van der Waals surface area (Å²) in [5.41, 5.74) is 6.13. The average molecular weight is 294 g/mol. The van der Waals surface area contributed by atoms with Crippen LogP contribution in [0.5, 0.6) is 0 Å². The molecule has 0 radical (unpaired) electrons. The summed E-state index contributed by atoms with van der Waals surface area (Å²) in [6.45, 7) is 13.7. The number of rotatable bonds is 3. The summed E-state index contributed by atoms with van der Waals surface area (Å²) in [4.78, 5) is 0. The lowest BCUT2D eigenvalue weighted by Crippen LogP contribution is -2.09. The zero-order valence-corrected chi connectivity index (χ0v) is 15.0. The standard InChI is InChI=1S/C22H30/c1-21(2,3)15-17-7-11-19(12-8-17)20-13-9-18(10-14-20)16-22(4,5)6/h7-14H,15-16H2,1-6H3. The van der Waals surface area contributed by atoms with Crippen LogP contribution >= 0.6 is 0 Å². The van der Waals surface area contributed by atoms with Crippen LogP contribution in [0, 0.1) is 10.8 Å². The molecule has 0 amide bonds. The van der Waals surface area contributed by atoms with E-state index in [1.54, 1.807) is 0 Å². The van der Waals surface area contributed by atoms with Gasteiger partial charge in [0.15, 0.2) is 0 Å². The Morgan fingerprint density at radius 1 is 0.500 bits per heavy atom. The lowest BCUT2D eigenvalue weighted by Gasteiger charge is -2.19. The molecule has 0 heterocycles. The molecule has 0 fully saturated rings. The maximum Gasteiger partial charge on any atom is -0.0184 e. The number of hydrogen-bond acceptors (Lipinski definition) is 0. The molecule has 22 heavy (non-hydrogen) atoms. The normalized spacial score (nSPS) is 12.5. The van der Waals surface area contributed by atoms with E-state index >= 15 is 0 Å². The molecule has 0 unspecified atom stereocenters. The van der Waals surface area contributed by atoms with Crippen molar-refractivity contribution in [1.82, 2.24) is 0 Å². The highest BCUT2D eigenvalue weighted by molar-refractivity contribution is 5.64. The Hall–Kier alpha value is -1.56. The Labute approximate surface area is 136 Å². The van der Waals surface area contributed by atoms with Gasteiger partial charge in [0.05, 0.1) is 0 Å². The monoisotopic (exact) mass is 294 g/mol. The molecule has 2 rings (SSSR count). The van der Waals surface area contributed by atoms with Crippen LogP contribution in [0.15, 0.2) is 48.5 Å². The van der Waals surface area contributed by atoms with E-state index in [1.807, 2.05) is 0 Å². The van der Waals surface area contributed by atoms with Crippen molar-refractivity contribution in [3.63, 3.8) is 0 Å². The van der Waals surface area contributed by atoms with Crippen molar-refractivity contribution in [3.8, 4) is 11.1 Å². The fourth-order valence-corrected chi connectivity index (χ4v) is 2.85. The molecule has 0 saturated carbocycles. The quantitative estimate of drug-likeness (QED) is 0.603. The molecule has 0 saturated heterocycles. The van der Waals surface area contributed by atoms with Crippen LogP contribution < -0.4 is 0 Å². The molecule has 2 aromatic carbocycles. The van der Waals surface area contributed by atoms with Gasteiger partial charge in [-0.15, -0.1) is 0 Å². The van der Waals surface area contributed by atoms with E-state index in [0.29, 0.717) is 10.8 Å². The van der Waals surface area contributed by atoms with E-state index in [9.17, 15) is 0 Å². The third kappa shape index (κ3) is 5.33. The summed E-state index contributed by atoms with van der Waals surface area (Å²) in [7, 11) is 0. The fraction of sp³-hybridized carbons (Fsp3) is 0.455. The van der Waals surface area contributed by atoms with Crippen LogP contribution in [0.1, 0.15) is 52.7 Å². The van der Waals surface area contributed by atoms with E-state index in [1.165, 1.54) is 22.3 Å². The smallest absolute Gasteiger partial charge is 0.0184 e. The van der Waals surface area contributed by atoms with Gasteiger partial charge >= 0.3 is 0 Å². The topological polar surface area (TPSA) is 0 Å². The second-order valence-electron chi connectivity index (χ2n) is 8.87. The molecular formula is C22H30. The minimum atomic E-state index is 0.343. The molecule has 0 N–H and O–H groups in total. The van der Waals surface area contributed by atoms with Gasteiger partial charge in [0.1, 0.15) is 0 Å². The molecular weight excluding hydrogens is 264 g/mol. The van der Waals surface area contributed by atoms with Gasteiger partial charge in [-0.1, -0.05) is 90.1 Å². The Morgan fingerprint density at radius 2 is 0.773 bits per heavy atom. The first-order valence-electron chi connectivity index (χ1n) is 8.31. The predicted molar refractivity (Wildman–Crippen MR) is 98.2 cm³/mol. The van der Waals surface area contributed by atoms with Gasteiger partial charge < -0.3 is 0 Å². The van der Waals surface area contributed by atoms with Crippen LogP contribution in [0.2, 0.25) is 0 Å². The van der Waals surface area contributed by atoms with E-state index in [4.69, 9.17) is 0 Å². The van der Waals surface area contributed by atoms with Gasteiger partial charge in [-0.25, -0.2) is 0 Å². The first-order chi connectivity index (χ1) is 10.1. The third-order valence-electron chi connectivity index (χ3n) is 3.71. The summed E-state index contributed by atoms with van der Waals surface area (Å²) in [6.07, 6.45) is 2.25. The average Bonchev–Trinajstić information content (AvgIpc) is 2.37. The molecule has 118 valence electrons. The molecule has 0 heteroatoms. The zero-order chi connectivity index (χ0) is 16.4. The van der Waals surface area contributed by atoms with Crippen molar-refractivity contribution in [2.24, 2.45) is 10.8 Å². The summed E-state index contributed by atoms with van der Waals surface area (Å²) < 4.78 is 0. The molecule has 0 spiro atoms. The molecule has 0 aromatic heterocycles. The summed E-state index contributed by atoms with van der Waals surface area (Å²) in [5.74, 6) is 0. The van der Waals surface area contributed by atoms with Gasteiger partial charge in [-0.2, -0.15) is 0 Å². The van der Waals surface area contributed by atoms with Crippen LogP contribution in [-0.4, -0.2) is 0 Å². The van der Waals surface area contributed by atoms with E-state index in [0.717, 1.165) is 12.8 Å². The minimum Gasteiger partial charge on any atom is -0.0599 e. The molecule has 0 aliphatic heterocycles. The maximum atomic E-state index is 2.29. The highest BCUT2D eigenvalue weighted by Gasteiger charge is 2.12. The molecule has 0 nitrogen and oxygen atoms in total. The van der Waals surface area contributed by atoms with Crippen molar-refractivity contribution < 1.29 is 0 Å². The van der Waals surface area contributed by atoms with Crippen molar-refractivity contribution >= 4 is 0 Å². The van der Waals surface area contributed by atoms with Crippen LogP contribution in [0.4, 0.5) is 0 Å². The summed E-state index contributed by atoms with van der Waals surface area (Å²) in [5, 5.41) is 0. The van der Waals surface area contributed by atoms with Crippen molar-refractivity contribution in [2.75, 3.05) is 0 Å². The lowest BCUT2D eigenvalue weighted by atomic mass is 9.87. The highest BCUT2D eigenvalue weighted by atomic mass is 14.2.